The van der Waals surface area contributed by atoms with Crippen LogP contribution in [0.5, 0.6) is 0 Å². The molecule has 0 bridgehead atoms. The van der Waals surface area contributed by atoms with E-state index in [1.807, 2.05) is 0 Å². The normalized spacial score (nSPS) is 16.2. The summed E-state index contributed by atoms with van der Waals surface area (Å²) in [5.41, 5.74) is 0. The maximum Gasteiger partial charge on any atom is 0.460 e. The Morgan fingerprint density at radius 3 is 1.24 bits per heavy atom. The van der Waals surface area contributed by atoms with Gasteiger partial charge in [0.1, 0.15) is 6.61 Å². The summed E-state index contributed by atoms with van der Waals surface area (Å²) in [6.45, 7) is -3.48. The molecule has 0 saturated heterocycles. The van der Waals surface area contributed by atoms with Crippen molar-refractivity contribution in [2.45, 2.75) is 35.8 Å². The summed E-state index contributed by atoms with van der Waals surface area (Å²) in [6.07, 6.45) is -7.55. The first-order chi connectivity index (χ1) is 10.5. The number of alkyl halides is 13. The predicted molar refractivity (Wildman–Crippen MR) is 48.3 cm³/mol. The molecule has 0 saturated carbocycles. The van der Waals surface area contributed by atoms with E-state index in [4.69, 9.17) is 4.55 Å². The van der Waals surface area contributed by atoms with Crippen LogP contribution < -0.4 is 0 Å². The molecule has 4 nitrogen and oxygen atoms in total. The van der Waals surface area contributed by atoms with Crippen LogP contribution in [0.4, 0.5) is 57.1 Å². The van der Waals surface area contributed by atoms with Crippen LogP contribution in [-0.4, -0.2) is 55.4 Å². The molecule has 0 unspecified atom stereocenters. The first-order valence-electron chi connectivity index (χ1n) is 5.03. The van der Waals surface area contributed by atoms with E-state index in [0.29, 0.717) is 0 Å². The van der Waals surface area contributed by atoms with E-state index >= 15 is 0 Å². The molecule has 0 aliphatic heterocycles. The zero-order valence-electron chi connectivity index (χ0n) is 10.7. The highest BCUT2D eigenvalue weighted by molar-refractivity contribution is 7.80. The minimum Gasteiger partial charge on any atom is -0.264 e. The Labute approximate surface area is 128 Å². The highest BCUT2D eigenvalue weighted by atomic mass is 32.3. The summed E-state index contributed by atoms with van der Waals surface area (Å²) < 4.78 is 193. The molecular weight excluding hydrogens is 427 g/mol. The minimum absolute atomic E-state index is 2.55. The maximum absolute atomic E-state index is 12.9. The van der Waals surface area contributed by atoms with Gasteiger partial charge in [-0.2, -0.15) is 65.5 Å². The van der Waals surface area contributed by atoms with E-state index in [2.05, 4.69) is 4.18 Å². The number of halogens is 13. The molecule has 25 heavy (non-hydrogen) atoms. The Hall–Kier alpha value is -1.04. The Kier molecular flexibility index (Phi) is 5.75. The Bertz CT molecular complexity index is 592. The van der Waals surface area contributed by atoms with Gasteiger partial charge < -0.3 is 0 Å². The molecule has 18 heteroatoms. The molecular formula is C7H3F13O4S. The largest absolute Gasteiger partial charge is 0.460 e. The van der Waals surface area contributed by atoms with E-state index in [1.54, 1.807) is 0 Å². The van der Waals surface area contributed by atoms with Crippen LogP contribution in [0.25, 0.3) is 0 Å². The fourth-order valence-corrected chi connectivity index (χ4v) is 1.34. The second kappa shape index (κ2) is 6.00. The summed E-state index contributed by atoms with van der Waals surface area (Å²) in [7, 11) is -6.02. The average molecular weight is 430 g/mol. The first-order valence-corrected chi connectivity index (χ1v) is 6.40. The van der Waals surface area contributed by atoms with Gasteiger partial charge in [-0.1, -0.05) is 0 Å². The quantitative estimate of drug-likeness (QED) is 0.496. The lowest BCUT2D eigenvalue weighted by Crippen LogP contribution is -2.70. The van der Waals surface area contributed by atoms with Crippen LogP contribution >= 0.6 is 0 Å². The van der Waals surface area contributed by atoms with Crippen molar-refractivity contribution in [1.29, 1.82) is 0 Å². The van der Waals surface area contributed by atoms with E-state index in [1.165, 1.54) is 0 Å². The summed E-state index contributed by atoms with van der Waals surface area (Å²) in [6, 6.07) is 0. The number of hydrogen-bond acceptors (Lipinski definition) is 3. The molecule has 0 aromatic carbocycles. The van der Waals surface area contributed by atoms with Crippen molar-refractivity contribution in [3.63, 3.8) is 0 Å². The standard InChI is InChI=1S/C7H3F13O4S/c8-2(9,1-24-25(21,22)23)3(10,11)4(12,13)5(14,15)6(16,17)7(18,19)20/h1H2,(H,21,22,23). The third-order valence-corrected chi connectivity index (χ3v) is 2.80. The summed E-state index contributed by atoms with van der Waals surface area (Å²) in [5, 5.41) is 0. The molecule has 152 valence electrons. The van der Waals surface area contributed by atoms with E-state index in [9.17, 15) is 65.5 Å². The summed E-state index contributed by atoms with van der Waals surface area (Å²) in [4.78, 5) is 0. The SMILES string of the molecule is O=S(=O)(O)OCC(F)(F)C(F)(F)C(F)(F)C(F)(F)C(F)(F)C(F)(F)F. The average Bonchev–Trinajstić information content (AvgIpc) is 2.33. The molecule has 0 heterocycles. The van der Waals surface area contributed by atoms with Gasteiger partial charge in [0, 0.05) is 0 Å². The molecule has 0 amide bonds. The molecule has 0 aliphatic carbocycles. The second-order valence-corrected chi connectivity index (χ2v) is 5.28. The van der Waals surface area contributed by atoms with Crippen molar-refractivity contribution in [3.8, 4) is 0 Å². The van der Waals surface area contributed by atoms with Gasteiger partial charge in [0.05, 0.1) is 0 Å². The molecule has 0 rings (SSSR count). The summed E-state index contributed by atoms with van der Waals surface area (Å²) in [5.74, 6) is -38.4. The number of hydrogen-bond donors (Lipinski definition) is 1. The van der Waals surface area contributed by atoms with Crippen LogP contribution in [0.15, 0.2) is 0 Å². The molecule has 1 N–H and O–H groups in total. The molecule has 0 aliphatic rings. The van der Waals surface area contributed by atoms with Gasteiger partial charge >= 0.3 is 46.2 Å². The van der Waals surface area contributed by atoms with E-state index in [0.717, 1.165) is 0 Å². The third kappa shape index (κ3) is 3.88. The molecule has 0 atom stereocenters. The number of rotatable bonds is 7. The smallest absolute Gasteiger partial charge is 0.264 e. The van der Waals surface area contributed by atoms with Gasteiger partial charge in [-0.05, 0) is 0 Å². The topological polar surface area (TPSA) is 63.6 Å². The zero-order valence-corrected chi connectivity index (χ0v) is 11.5. The van der Waals surface area contributed by atoms with Crippen LogP contribution in [0.1, 0.15) is 0 Å². The van der Waals surface area contributed by atoms with Crippen LogP contribution in [0.3, 0.4) is 0 Å². The second-order valence-electron chi connectivity index (χ2n) is 4.19. The van der Waals surface area contributed by atoms with Crippen molar-refractivity contribution in [2.24, 2.45) is 0 Å². The minimum atomic E-state index is -8.09. The molecule has 0 radical (unpaired) electrons. The van der Waals surface area contributed by atoms with Crippen molar-refractivity contribution >= 4 is 10.4 Å². The van der Waals surface area contributed by atoms with Crippen molar-refractivity contribution < 1.29 is 74.2 Å². The van der Waals surface area contributed by atoms with Gasteiger partial charge in [-0.3, -0.25) is 4.55 Å². The Balaban J connectivity index is 6.11. The fourth-order valence-electron chi connectivity index (χ4n) is 1.04. The van der Waals surface area contributed by atoms with Gasteiger partial charge in [0.2, 0.25) is 0 Å². The molecule has 0 fully saturated rings. The predicted octanol–water partition coefficient (Wildman–Crippen LogP) is 3.54. The maximum atomic E-state index is 12.9. The van der Waals surface area contributed by atoms with Crippen LogP contribution in [0.2, 0.25) is 0 Å². The van der Waals surface area contributed by atoms with Crippen molar-refractivity contribution in [2.75, 3.05) is 6.61 Å². The van der Waals surface area contributed by atoms with Crippen molar-refractivity contribution in [3.05, 3.63) is 0 Å². The first kappa shape index (κ1) is 24.0. The lowest BCUT2D eigenvalue weighted by Gasteiger charge is -2.39. The van der Waals surface area contributed by atoms with Crippen LogP contribution in [-0.2, 0) is 14.6 Å². The van der Waals surface area contributed by atoms with Crippen molar-refractivity contribution in [1.82, 2.24) is 0 Å². The molecule has 0 spiro atoms. The van der Waals surface area contributed by atoms with Gasteiger partial charge in [-0.25, -0.2) is 4.18 Å². The van der Waals surface area contributed by atoms with Gasteiger partial charge in [-0.15, -0.1) is 0 Å². The Morgan fingerprint density at radius 1 is 0.640 bits per heavy atom. The van der Waals surface area contributed by atoms with Gasteiger partial charge in [0.15, 0.2) is 0 Å². The highest BCUT2D eigenvalue weighted by Crippen LogP contribution is 2.60. The zero-order chi connectivity index (χ0) is 20.9. The lowest BCUT2D eigenvalue weighted by molar-refractivity contribution is -0.440. The van der Waals surface area contributed by atoms with Gasteiger partial charge in [0.25, 0.3) is 0 Å². The molecule has 0 aromatic heterocycles. The summed E-state index contributed by atoms with van der Waals surface area (Å²) >= 11 is 0. The monoisotopic (exact) mass is 430 g/mol. The van der Waals surface area contributed by atoms with E-state index in [-0.39, 0.29) is 0 Å². The third-order valence-electron chi connectivity index (χ3n) is 2.39. The van der Waals surface area contributed by atoms with Crippen LogP contribution in [0, 0.1) is 0 Å². The highest BCUT2D eigenvalue weighted by Gasteiger charge is 2.90. The lowest BCUT2D eigenvalue weighted by atomic mass is 9.94. The Morgan fingerprint density at radius 2 is 0.960 bits per heavy atom. The van der Waals surface area contributed by atoms with E-state index < -0.39 is 52.8 Å². The fraction of sp³-hybridized carbons (Fsp3) is 1.00. The molecule has 0 aromatic rings.